The summed E-state index contributed by atoms with van der Waals surface area (Å²) >= 11 is 6.26. The van der Waals surface area contributed by atoms with Crippen molar-refractivity contribution in [2.75, 3.05) is 0 Å². The number of hydrogen-bond donors (Lipinski definition) is 0. The van der Waals surface area contributed by atoms with E-state index in [0.717, 1.165) is 10.8 Å². The van der Waals surface area contributed by atoms with Gasteiger partial charge in [-0.1, -0.05) is 60.1 Å². The predicted molar refractivity (Wildman–Crippen MR) is 189 cm³/mol. The number of pyridine rings is 1. The molecule has 0 aliphatic rings. The Labute approximate surface area is 353 Å². The van der Waals surface area contributed by atoms with E-state index in [1.807, 2.05) is 65.4 Å². The number of aromatic nitrogens is 1. The molecule has 0 aliphatic heterocycles. The van der Waals surface area contributed by atoms with Crippen LogP contribution in [0.15, 0.2) is 67.0 Å². The topological polar surface area (TPSA) is 20.9 Å². The number of benzene rings is 6. The Bertz CT molecular complexity index is 2730. The molecule has 65 heavy (non-hydrogen) atoms. The van der Waals surface area contributed by atoms with Gasteiger partial charge in [0, 0.05) is 16.3 Å². The standard InChI is InChI=1S/C24BF20.C17H13ClNO/c26-5-1(6(27)14(35)21(42)13(5)34)25(2-7(28)15(36)22(43)16(37)8(2)29,3-9(30)17(38)23(44)18(39)10(3)31)4-11(32)19(40)24(45)20(41)12(4)33;18-16-11-19(10-14-8-4-5-9-15(14)16)12-17(20)13-6-2-1-3-7-13/h;1-11H,12H2/q-1;+1. The lowest BCUT2D eigenvalue weighted by atomic mass is 9.12. The second-order valence-electron chi connectivity index (χ2n) is 13.5. The van der Waals surface area contributed by atoms with Gasteiger partial charge in [0.2, 0.25) is 12.3 Å². The summed E-state index contributed by atoms with van der Waals surface area (Å²) in [6, 6.07) is 17.2. The van der Waals surface area contributed by atoms with Gasteiger partial charge in [-0.3, -0.25) is 4.79 Å². The SMILES string of the molecule is Fc1c(F)c(F)c([B-](c2c(F)c(F)c(F)c(F)c2F)(c2c(F)c(F)c(F)c(F)c2F)c2c(F)c(F)c(F)c(F)c2F)c(F)c1F.O=C(C[n+]1cc(Cl)c2ccccc2c1)c1ccccc1. The average Bonchev–Trinajstić information content (AvgIpc) is 3.29. The van der Waals surface area contributed by atoms with Crippen molar-refractivity contribution < 1.29 is 97.2 Å². The maximum absolute atomic E-state index is 15.4. The number of nitrogens with zero attached hydrogens (tertiary/aromatic N) is 1. The number of rotatable bonds is 7. The van der Waals surface area contributed by atoms with E-state index in [2.05, 4.69) is 0 Å². The smallest absolute Gasteiger partial charge is 0.227 e. The largest absolute Gasteiger partial charge is 0.287 e. The molecule has 0 spiro atoms. The molecule has 0 unspecified atom stereocenters. The molecule has 0 aliphatic carbocycles. The zero-order chi connectivity index (χ0) is 48.3. The van der Waals surface area contributed by atoms with Crippen molar-refractivity contribution >= 4 is 56.2 Å². The summed E-state index contributed by atoms with van der Waals surface area (Å²) in [6.45, 7) is 0.286. The summed E-state index contributed by atoms with van der Waals surface area (Å²) in [7, 11) is 0. The fourth-order valence-electron chi connectivity index (χ4n) is 7.10. The van der Waals surface area contributed by atoms with E-state index in [9.17, 15) is 57.5 Å². The molecule has 0 radical (unpaired) electrons. The number of halogens is 21. The van der Waals surface area contributed by atoms with Crippen LogP contribution >= 0.6 is 11.6 Å². The first-order valence-electron chi connectivity index (χ1n) is 17.3. The van der Waals surface area contributed by atoms with Gasteiger partial charge in [-0.25, -0.2) is 87.8 Å². The second-order valence-corrected chi connectivity index (χ2v) is 13.9. The number of ketones is 1. The Morgan fingerprint density at radius 2 is 0.662 bits per heavy atom. The molecule has 0 atom stereocenters. The van der Waals surface area contributed by atoms with Crippen molar-refractivity contribution in [3.63, 3.8) is 0 Å². The summed E-state index contributed by atoms with van der Waals surface area (Å²) < 4.78 is 296. The highest BCUT2D eigenvalue weighted by Gasteiger charge is 2.52. The third kappa shape index (κ3) is 7.57. The van der Waals surface area contributed by atoms with Gasteiger partial charge < -0.3 is 0 Å². The minimum atomic E-state index is -7.22. The fraction of sp³-hybridized carbons (Fsp3) is 0.0244. The third-order valence-corrected chi connectivity index (χ3v) is 10.2. The van der Waals surface area contributed by atoms with E-state index in [1.54, 1.807) is 6.20 Å². The molecule has 0 amide bonds. The van der Waals surface area contributed by atoms with Crippen LogP contribution in [0.3, 0.4) is 0 Å². The van der Waals surface area contributed by atoms with Crippen molar-refractivity contribution in [1.29, 1.82) is 0 Å². The molecule has 6 aromatic carbocycles. The maximum Gasteiger partial charge on any atom is 0.227 e. The van der Waals surface area contributed by atoms with E-state index in [1.165, 1.54) is 0 Å². The van der Waals surface area contributed by atoms with Gasteiger partial charge in [0.05, 0.1) is 0 Å². The van der Waals surface area contributed by atoms with Crippen molar-refractivity contribution in [2.45, 2.75) is 6.54 Å². The molecule has 1 heterocycles. The number of carbonyl (C=O) groups is 1. The van der Waals surface area contributed by atoms with Crippen LogP contribution in [0.25, 0.3) is 10.8 Å². The second kappa shape index (κ2) is 17.7. The van der Waals surface area contributed by atoms with Gasteiger partial charge in [-0.15, -0.1) is 21.9 Å². The molecular weight excluding hydrogens is 949 g/mol. The Hall–Kier alpha value is -6.65. The van der Waals surface area contributed by atoms with Gasteiger partial charge in [0.1, 0.15) is 57.7 Å². The van der Waals surface area contributed by atoms with Crippen molar-refractivity contribution in [3.05, 3.63) is 194 Å². The molecule has 1 aromatic heterocycles. The molecule has 7 rings (SSSR count). The van der Waals surface area contributed by atoms with Crippen LogP contribution in [0.1, 0.15) is 10.4 Å². The summed E-state index contributed by atoms with van der Waals surface area (Å²) in [5.74, 6) is -71.3. The van der Waals surface area contributed by atoms with E-state index in [4.69, 9.17) is 11.6 Å². The molecule has 2 nitrogen and oxygen atoms in total. The lowest BCUT2D eigenvalue weighted by Crippen LogP contribution is -2.81. The number of hydrogen-bond acceptors (Lipinski definition) is 1. The average molecular weight is 962 g/mol. The van der Waals surface area contributed by atoms with Gasteiger partial charge in [0.15, 0.2) is 82.2 Å². The molecule has 338 valence electrons. The van der Waals surface area contributed by atoms with Gasteiger partial charge in [-0.05, 0) is 6.07 Å². The highest BCUT2D eigenvalue weighted by molar-refractivity contribution is 7.20. The van der Waals surface area contributed by atoms with Crippen molar-refractivity contribution in [2.24, 2.45) is 0 Å². The highest BCUT2D eigenvalue weighted by atomic mass is 35.5. The summed E-state index contributed by atoms with van der Waals surface area (Å²) in [5.41, 5.74) is -13.6. The zero-order valence-electron chi connectivity index (χ0n) is 30.9. The first kappa shape index (κ1) is 47.8. The molecule has 0 saturated heterocycles. The zero-order valence-corrected chi connectivity index (χ0v) is 31.7. The van der Waals surface area contributed by atoms with E-state index in [0.29, 0.717) is 10.6 Å². The molecule has 0 fully saturated rings. The molecule has 7 aromatic rings. The summed E-state index contributed by atoms with van der Waals surface area (Å²) in [6.07, 6.45) is -3.47. The quantitative estimate of drug-likeness (QED) is 0.0390. The predicted octanol–water partition coefficient (Wildman–Crippen LogP) is 9.51. The monoisotopic (exact) mass is 961 g/mol. The van der Waals surface area contributed by atoms with Crippen LogP contribution < -0.4 is 26.4 Å². The molecule has 0 saturated carbocycles. The third-order valence-electron chi connectivity index (χ3n) is 9.93. The minimum Gasteiger partial charge on any atom is -0.287 e. The maximum atomic E-state index is 15.4. The Morgan fingerprint density at radius 1 is 0.385 bits per heavy atom. The normalized spacial score (nSPS) is 11.6. The Morgan fingerprint density at radius 3 is 0.985 bits per heavy atom. The van der Waals surface area contributed by atoms with Crippen LogP contribution in [0, 0.1) is 116 Å². The van der Waals surface area contributed by atoms with Crippen LogP contribution in [-0.2, 0) is 6.54 Å². The van der Waals surface area contributed by atoms with Crippen molar-refractivity contribution in [1.82, 2.24) is 0 Å². The Balaban J connectivity index is 0.000000289. The molecule has 24 heteroatoms. The van der Waals surface area contributed by atoms with Crippen molar-refractivity contribution in [3.8, 4) is 0 Å². The summed E-state index contributed by atoms with van der Waals surface area (Å²) in [5, 5.41) is 2.68. The van der Waals surface area contributed by atoms with Gasteiger partial charge >= 0.3 is 0 Å². The summed E-state index contributed by atoms with van der Waals surface area (Å²) in [4.78, 5) is 12.2. The highest BCUT2D eigenvalue weighted by Crippen LogP contribution is 2.31. The molecule has 0 N–H and O–H groups in total. The Kier molecular flexibility index (Phi) is 13.0. The first-order chi connectivity index (χ1) is 30.4. The molecular formula is C41H13BClF20NO. The van der Waals surface area contributed by atoms with Crippen LogP contribution in [-0.4, -0.2) is 11.9 Å². The van der Waals surface area contributed by atoms with Crippen LogP contribution in [0.2, 0.25) is 5.02 Å². The lowest BCUT2D eigenvalue weighted by Gasteiger charge is -2.44. The van der Waals surface area contributed by atoms with Gasteiger partial charge in [-0.2, -0.15) is 4.57 Å². The number of fused-ring (bicyclic) bond motifs is 1. The number of carbonyl (C=O) groups excluding carboxylic acids is 1. The minimum absolute atomic E-state index is 0.0712. The fourth-order valence-corrected chi connectivity index (χ4v) is 7.40. The first-order valence-corrected chi connectivity index (χ1v) is 17.7. The lowest BCUT2D eigenvalue weighted by molar-refractivity contribution is -0.681. The number of Topliss-reactive ketones (excluding diaryl/α,β-unsaturated/α-hetero) is 1. The molecule has 0 bridgehead atoms. The van der Waals surface area contributed by atoms with E-state index >= 15 is 35.1 Å². The van der Waals surface area contributed by atoms with Gasteiger partial charge in [0.25, 0.3) is 0 Å². The van der Waals surface area contributed by atoms with E-state index < -0.39 is 144 Å². The van der Waals surface area contributed by atoms with Crippen LogP contribution in [0.4, 0.5) is 87.8 Å². The van der Waals surface area contributed by atoms with Crippen LogP contribution in [0.5, 0.6) is 0 Å². The van der Waals surface area contributed by atoms with E-state index in [-0.39, 0.29) is 12.3 Å².